The predicted octanol–water partition coefficient (Wildman–Crippen LogP) is 1.36. The van der Waals surface area contributed by atoms with Crippen LogP contribution in [0, 0.1) is 5.92 Å². The fraction of sp³-hybridized carbons (Fsp3) is 0.318. The van der Waals surface area contributed by atoms with E-state index in [0.717, 1.165) is 11.2 Å². The van der Waals surface area contributed by atoms with Gasteiger partial charge in [0, 0.05) is 32.3 Å². The van der Waals surface area contributed by atoms with Crippen molar-refractivity contribution in [3.05, 3.63) is 53.6 Å². The summed E-state index contributed by atoms with van der Waals surface area (Å²) in [5, 5.41) is 2.71. The summed E-state index contributed by atoms with van der Waals surface area (Å²) in [4.78, 5) is 37.9. The smallest absolute Gasteiger partial charge is 0.263 e. The Balaban J connectivity index is 1.48. The van der Waals surface area contributed by atoms with Gasteiger partial charge in [0.1, 0.15) is 4.90 Å². The van der Waals surface area contributed by atoms with E-state index in [2.05, 4.69) is 5.32 Å². The Bertz CT molecular complexity index is 1410. The number of piperidine rings is 1. The number of hydrogen-bond acceptors (Lipinski definition) is 7. The van der Waals surface area contributed by atoms with Crippen molar-refractivity contribution in [3.8, 4) is 0 Å². The van der Waals surface area contributed by atoms with E-state index in [1.54, 1.807) is 12.1 Å². The molecule has 180 valence electrons. The van der Waals surface area contributed by atoms with E-state index in [-0.39, 0.29) is 58.4 Å². The van der Waals surface area contributed by atoms with Gasteiger partial charge in [0.05, 0.1) is 21.7 Å². The predicted molar refractivity (Wildman–Crippen MR) is 123 cm³/mol. The molecule has 2 aromatic rings. The van der Waals surface area contributed by atoms with Crippen LogP contribution in [0.15, 0.2) is 52.3 Å². The zero-order valence-corrected chi connectivity index (χ0v) is 20.1. The molecule has 0 aromatic heterocycles. The molecule has 34 heavy (non-hydrogen) atoms. The number of hydrogen-bond donors (Lipinski definition) is 1. The number of sulfone groups is 1. The van der Waals surface area contributed by atoms with Crippen molar-refractivity contribution in [2.24, 2.45) is 5.92 Å². The summed E-state index contributed by atoms with van der Waals surface area (Å²) >= 11 is 0. The fourth-order valence-corrected chi connectivity index (χ4v) is 7.28. The third kappa shape index (κ3) is 4.12. The van der Waals surface area contributed by atoms with Crippen molar-refractivity contribution >= 4 is 43.3 Å². The lowest BCUT2D eigenvalue weighted by Gasteiger charge is -2.31. The lowest BCUT2D eigenvalue weighted by Crippen LogP contribution is -2.41. The Morgan fingerprint density at radius 1 is 0.912 bits per heavy atom. The molecule has 1 fully saturated rings. The molecule has 0 bridgehead atoms. The van der Waals surface area contributed by atoms with E-state index in [4.69, 9.17) is 0 Å². The summed E-state index contributed by atoms with van der Waals surface area (Å²) in [6.07, 6.45) is 1.39. The number of carbonyl (C=O) groups is 3. The minimum Gasteiger partial charge on any atom is -0.325 e. The van der Waals surface area contributed by atoms with E-state index < -0.39 is 37.6 Å². The minimum absolute atomic E-state index is 0.0333. The second kappa shape index (κ2) is 8.60. The number of nitrogens with one attached hydrogen (secondary N) is 1. The second-order valence-electron chi connectivity index (χ2n) is 8.28. The Morgan fingerprint density at radius 2 is 1.53 bits per heavy atom. The molecule has 12 heteroatoms. The molecule has 0 spiro atoms. The van der Waals surface area contributed by atoms with Crippen LogP contribution in [0.4, 0.5) is 5.69 Å². The van der Waals surface area contributed by atoms with Crippen molar-refractivity contribution in [3.63, 3.8) is 0 Å². The summed E-state index contributed by atoms with van der Waals surface area (Å²) in [5.74, 6) is -1.83. The highest BCUT2D eigenvalue weighted by molar-refractivity contribution is 7.93. The van der Waals surface area contributed by atoms with Gasteiger partial charge in [-0.1, -0.05) is 18.2 Å². The second-order valence-corrected chi connectivity index (χ2v) is 12.2. The number of anilines is 1. The molecule has 0 atom stereocenters. The van der Waals surface area contributed by atoms with Crippen molar-refractivity contribution in [2.45, 2.75) is 22.6 Å². The van der Waals surface area contributed by atoms with Crippen LogP contribution in [0.3, 0.4) is 0 Å². The van der Waals surface area contributed by atoms with Crippen molar-refractivity contribution in [2.75, 3.05) is 31.7 Å². The molecule has 10 nitrogen and oxygen atoms in total. The standard InChI is InChI=1S/C22H23N3O7S2/c1-24-21(27)15-6-5-7-16(19(15)22(24)28)23-20(26)14-10-12-25(13-11-14)34(31,32)18-9-4-3-8-17(18)33(2,29)30/h3-9,14H,10-13H2,1-2H3,(H,23,26). The third-order valence-corrected chi connectivity index (χ3v) is 9.31. The average molecular weight is 506 g/mol. The maximum Gasteiger partial charge on any atom is 0.263 e. The molecule has 0 unspecified atom stereocenters. The molecule has 0 saturated carbocycles. The molecule has 2 aromatic carbocycles. The van der Waals surface area contributed by atoms with Gasteiger partial charge in [-0.05, 0) is 37.1 Å². The molecule has 4 rings (SSSR count). The maximum absolute atomic E-state index is 13.1. The van der Waals surface area contributed by atoms with Gasteiger partial charge in [-0.2, -0.15) is 4.31 Å². The summed E-state index contributed by atoms with van der Waals surface area (Å²) in [6, 6.07) is 10.1. The summed E-state index contributed by atoms with van der Waals surface area (Å²) in [6.45, 7) is 0.0666. The highest BCUT2D eigenvalue weighted by Crippen LogP contribution is 2.31. The quantitative estimate of drug-likeness (QED) is 0.606. The highest BCUT2D eigenvalue weighted by atomic mass is 32.2. The lowest BCUT2D eigenvalue weighted by atomic mass is 9.96. The molecule has 2 heterocycles. The molecule has 0 radical (unpaired) electrons. The Kier molecular flexibility index (Phi) is 6.08. The Hall–Kier alpha value is -3.09. The largest absolute Gasteiger partial charge is 0.325 e. The van der Waals surface area contributed by atoms with Gasteiger partial charge < -0.3 is 5.32 Å². The van der Waals surface area contributed by atoms with Crippen LogP contribution in [0.5, 0.6) is 0 Å². The van der Waals surface area contributed by atoms with Crippen LogP contribution in [0.2, 0.25) is 0 Å². The summed E-state index contributed by atoms with van der Waals surface area (Å²) in [5.41, 5.74) is 0.596. The van der Waals surface area contributed by atoms with Crippen molar-refractivity contribution in [1.29, 1.82) is 0 Å². The van der Waals surface area contributed by atoms with E-state index in [9.17, 15) is 31.2 Å². The first kappa shape index (κ1) is 24.0. The van der Waals surface area contributed by atoms with Crippen molar-refractivity contribution < 1.29 is 31.2 Å². The first-order valence-electron chi connectivity index (χ1n) is 10.5. The van der Waals surface area contributed by atoms with Gasteiger partial charge in [-0.25, -0.2) is 16.8 Å². The highest BCUT2D eigenvalue weighted by Gasteiger charge is 2.37. The van der Waals surface area contributed by atoms with Gasteiger partial charge >= 0.3 is 0 Å². The zero-order valence-electron chi connectivity index (χ0n) is 18.5. The monoisotopic (exact) mass is 505 g/mol. The topological polar surface area (TPSA) is 138 Å². The van der Waals surface area contributed by atoms with Gasteiger partial charge in [-0.15, -0.1) is 0 Å². The van der Waals surface area contributed by atoms with Crippen LogP contribution >= 0.6 is 0 Å². The molecule has 3 amide bonds. The molecule has 2 aliphatic heterocycles. The lowest BCUT2D eigenvalue weighted by molar-refractivity contribution is -0.120. The molecular weight excluding hydrogens is 482 g/mol. The first-order chi connectivity index (χ1) is 15.9. The van der Waals surface area contributed by atoms with E-state index in [1.165, 1.54) is 41.7 Å². The molecular formula is C22H23N3O7S2. The molecule has 1 saturated heterocycles. The molecule has 0 aliphatic carbocycles. The number of carbonyl (C=O) groups excluding carboxylic acids is 3. The number of fused-ring (bicyclic) bond motifs is 1. The van der Waals surface area contributed by atoms with Crippen LogP contribution < -0.4 is 5.32 Å². The number of nitrogens with zero attached hydrogens (tertiary/aromatic N) is 2. The number of amides is 3. The summed E-state index contributed by atoms with van der Waals surface area (Å²) in [7, 11) is -6.46. The number of rotatable bonds is 5. The molecule has 1 N–H and O–H groups in total. The van der Waals surface area contributed by atoms with Crippen LogP contribution in [-0.4, -0.2) is 70.2 Å². The number of sulfonamides is 1. The number of benzene rings is 2. The first-order valence-corrected chi connectivity index (χ1v) is 13.8. The number of imide groups is 1. The normalized spacial score (nSPS) is 17.6. The van der Waals surface area contributed by atoms with Gasteiger partial charge in [0.15, 0.2) is 9.84 Å². The molecule has 2 aliphatic rings. The van der Waals surface area contributed by atoms with Gasteiger partial charge in [0.2, 0.25) is 15.9 Å². The maximum atomic E-state index is 13.1. The summed E-state index contributed by atoms with van der Waals surface area (Å²) < 4.78 is 51.6. The van der Waals surface area contributed by atoms with Crippen LogP contribution in [0.25, 0.3) is 0 Å². The fourth-order valence-electron chi connectivity index (χ4n) is 4.21. The van der Waals surface area contributed by atoms with Crippen molar-refractivity contribution in [1.82, 2.24) is 9.21 Å². The van der Waals surface area contributed by atoms with E-state index >= 15 is 0 Å². The van der Waals surface area contributed by atoms with Gasteiger partial charge in [0.25, 0.3) is 11.8 Å². The SMILES string of the molecule is CN1C(=O)c2cccc(NC(=O)C3CCN(S(=O)(=O)c4ccccc4S(C)(=O)=O)CC3)c2C1=O. The van der Waals surface area contributed by atoms with Gasteiger partial charge in [-0.3, -0.25) is 19.3 Å². The van der Waals surface area contributed by atoms with Crippen LogP contribution in [0.1, 0.15) is 33.6 Å². The Morgan fingerprint density at radius 3 is 2.15 bits per heavy atom. The van der Waals surface area contributed by atoms with E-state index in [0.29, 0.717) is 0 Å². The van der Waals surface area contributed by atoms with E-state index in [1.807, 2.05) is 0 Å². The minimum atomic E-state index is -4.08. The average Bonchev–Trinajstić information content (AvgIpc) is 3.03. The third-order valence-electron chi connectivity index (χ3n) is 6.07. The zero-order chi connectivity index (χ0) is 24.8. The Labute approximate surface area is 197 Å². The van der Waals surface area contributed by atoms with Crippen LogP contribution in [-0.2, 0) is 24.7 Å².